The third-order valence-electron chi connectivity index (χ3n) is 6.25. The number of benzene rings is 3. The monoisotopic (exact) mass is 649 g/mol. The molecule has 9 heteroatoms. The first kappa shape index (κ1) is 31.2. The first-order valence-electron chi connectivity index (χ1n) is 12.7. The van der Waals surface area contributed by atoms with Crippen LogP contribution in [0.2, 0.25) is 12.1 Å². The lowest BCUT2D eigenvalue weighted by molar-refractivity contribution is 0.795. The van der Waals surface area contributed by atoms with Crippen molar-refractivity contribution >= 4 is 95.5 Å². The van der Waals surface area contributed by atoms with E-state index < -0.39 is 12.0 Å². The Balaban J connectivity index is 1.81. The summed E-state index contributed by atoms with van der Waals surface area (Å²) in [6.07, 6.45) is 7.07. The van der Waals surface area contributed by atoms with Crippen LogP contribution in [-0.2, 0) is 19.3 Å². The fourth-order valence-electron chi connectivity index (χ4n) is 4.25. The molecule has 0 N–H and O–H groups in total. The summed E-state index contributed by atoms with van der Waals surface area (Å²) in [5.74, 6) is 0. The Kier molecular flexibility index (Phi) is 12.5. The van der Waals surface area contributed by atoms with Crippen LogP contribution in [0.1, 0.15) is 49.3 Å². The highest BCUT2D eigenvalue weighted by Gasteiger charge is 2.24. The molecule has 0 amide bonds. The van der Waals surface area contributed by atoms with Crippen molar-refractivity contribution in [2.45, 2.75) is 64.0 Å². The molecule has 0 heterocycles. The van der Waals surface area contributed by atoms with Gasteiger partial charge in [-0.25, -0.2) is 0 Å². The number of aryl methyl sites for hydroxylation is 3. The molecule has 0 aromatic heterocycles. The molecule has 37 heavy (non-hydrogen) atoms. The van der Waals surface area contributed by atoms with Crippen LogP contribution in [-0.4, -0.2) is 12.0 Å². The van der Waals surface area contributed by atoms with Gasteiger partial charge >= 0.3 is 12.0 Å². The van der Waals surface area contributed by atoms with Gasteiger partial charge in [-0.15, -0.1) is 66.5 Å². The maximum atomic E-state index is 6.05. The van der Waals surface area contributed by atoms with E-state index in [0.717, 1.165) is 49.2 Å². The first-order chi connectivity index (χ1) is 17.5. The maximum absolute atomic E-state index is 6.05. The highest BCUT2D eigenvalue weighted by molar-refractivity contribution is 7.65. The summed E-state index contributed by atoms with van der Waals surface area (Å²) >= 11 is 36.3. The lowest BCUT2D eigenvalue weighted by atomic mass is 10.1. The molecule has 0 aliphatic carbocycles. The first-order valence-corrected chi connectivity index (χ1v) is 23.2. The fourth-order valence-corrected chi connectivity index (χ4v) is 7.81. The van der Waals surface area contributed by atoms with Crippen LogP contribution in [0.25, 0.3) is 0 Å². The molecule has 3 aromatic rings. The molecule has 200 valence electrons. The molecule has 0 aliphatic heterocycles. The fraction of sp³-hybridized carbons (Fsp3) is 0.357. The highest BCUT2D eigenvalue weighted by atomic mass is 35.8. The van der Waals surface area contributed by atoms with Gasteiger partial charge < -0.3 is 4.90 Å². The quantitative estimate of drug-likeness (QED) is 0.124. The minimum absolute atomic E-state index is 0.673. The summed E-state index contributed by atoms with van der Waals surface area (Å²) < 4.78 is 0. The Morgan fingerprint density at radius 1 is 0.486 bits per heavy atom. The molecular weight excluding hydrogens is 619 g/mol. The van der Waals surface area contributed by atoms with Crippen LogP contribution < -0.4 is 4.90 Å². The van der Waals surface area contributed by atoms with E-state index in [-0.39, 0.29) is 0 Å². The third kappa shape index (κ3) is 11.3. The average Bonchev–Trinajstić information content (AvgIpc) is 2.84. The summed E-state index contributed by atoms with van der Waals surface area (Å²) in [5, 5.41) is 0. The highest BCUT2D eigenvalue weighted by Crippen LogP contribution is 2.36. The van der Waals surface area contributed by atoms with Gasteiger partial charge in [0, 0.05) is 17.1 Å². The largest absolute Gasteiger partial charge is 0.341 e. The molecule has 1 nitrogen and oxygen atoms in total. The van der Waals surface area contributed by atoms with E-state index in [9.17, 15) is 0 Å². The van der Waals surface area contributed by atoms with E-state index in [1.807, 2.05) is 0 Å². The Morgan fingerprint density at radius 3 is 1.05 bits per heavy atom. The molecule has 0 bridgehead atoms. The van der Waals surface area contributed by atoms with Gasteiger partial charge in [0.1, 0.15) is 0 Å². The smallest absolute Gasteiger partial charge is 0.311 e. The Morgan fingerprint density at radius 2 is 0.784 bits per heavy atom. The predicted molar refractivity (Wildman–Crippen MR) is 173 cm³/mol. The summed E-state index contributed by atoms with van der Waals surface area (Å²) in [4.78, 5) is 2.29. The number of hydrogen-bond donors (Lipinski definition) is 0. The van der Waals surface area contributed by atoms with Gasteiger partial charge in [0.2, 0.25) is 0 Å². The Labute approximate surface area is 252 Å². The van der Waals surface area contributed by atoms with Crippen molar-refractivity contribution in [3.63, 3.8) is 0 Å². The molecule has 0 radical (unpaired) electrons. The standard InChI is InChI=1S/C28H33Cl6NSi2/c1-2-3-6-23-9-15-26(16-10-23)35(27-17-11-24(12-18-27)7-4-21-36(29,30)31)28-19-13-25(14-20-28)8-5-22-37(32,33)34/h9-20H,2-8,21-22H2,1H3. The van der Waals surface area contributed by atoms with E-state index in [1.165, 1.54) is 29.5 Å². The number of nitrogens with zero attached hydrogens (tertiary/aromatic N) is 1. The Bertz CT molecular complexity index is 1010. The number of hydrogen-bond acceptors (Lipinski definition) is 1. The zero-order chi connectivity index (χ0) is 26.9. The van der Waals surface area contributed by atoms with Crippen LogP contribution in [0.5, 0.6) is 0 Å². The summed E-state index contributed by atoms with van der Waals surface area (Å²) in [6.45, 7) is 2.22. The zero-order valence-corrected chi connectivity index (χ0v) is 27.5. The second-order valence-electron chi connectivity index (χ2n) is 9.38. The number of halogens is 6. The number of anilines is 3. The van der Waals surface area contributed by atoms with Crippen molar-refractivity contribution < 1.29 is 0 Å². The second kappa shape index (κ2) is 14.9. The molecule has 0 saturated carbocycles. The van der Waals surface area contributed by atoms with Crippen molar-refractivity contribution in [1.82, 2.24) is 0 Å². The summed E-state index contributed by atoms with van der Waals surface area (Å²) in [6, 6.07) is 22.5. The molecular formula is C28H33Cl6NSi2. The molecule has 0 saturated heterocycles. The van der Waals surface area contributed by atoms with E-state index in [1.54, 1.807) is 0 Å². The molecule has 0 unspecified atom stereocenters. The minimum Gasteiger partial charge on any atom is -0.311 e. The van der Waals surface area contributed by atoms with Gasteiger partial charge in [0.05, 0.1) is 0 Å². The lowest BCUT2D eigenvalue weighted by Gasteiger charge is -2.26. The van der Waals surface area contributed by atoms with Crippen LogP contribution >= 0.6 is 66.5 Å². The van der Waals surface area contributed by atoms with E-state index in [0.29, 0.717) is 12.1 Å². The van der Waals surface area contributed by atoms with Gasteiger partial charge in [0.15, 0.2) is 0 Å². The predicted octanol–water partition coefficient (Wildman–Crippen LogP) is 11.7. The molecule has 3 rings (SSSR count). The van der Waals surface area contributed by atoms with Crippen molar-refractivity contribution in [2.75, 3.05) is 4.90 Å². The van der Waals surface area contributed by atoms with Gasteiger partial charge in [-0.2, -0.15) is 0 Å². The van der Waals surface area contributed by atoms with Crippen LogP contribution in [0.15, 0.2) is 72.8 Å². The van der Waals surface area contributed by atoms with Crippen LogP contribution in [0, 0.1) is 0 Å². The second-order valence-corrected chi connectivity index (χ2v) is 27.9. The number of rotatable bonds is 14. The normalized spacial score (nSPS) is 12.1. The topological polar surface area (TPSA) is 3.24 Å². The SMILES string of the molecule is CCCCc1ccc(N(c2ccc(CCC[Si](Cl)(Cl)Cl)cc2)c2ccc(CCC[Si](Cl)(Cl)Cl)cc2)cc1. The van der Waals surface area contributed by atoms with Crippen molar-refractivity contribution in [3.8, 4) is 0 Å². The number of unbranched alkanes of at least 4 members (excludes halogenated alkanes) is 1. The van der Waals surface area contributed by atoms with E-state index >= 15 is 0 Å². The maximum Gasteiger partial charge on any atom is 0.341 e. The zero-order valence-electron chi connectivity index (χ0n) is 21.0. The molecule has 3 aromatic carbocycles. The van der Waals surface area contributed by atoms with E-state index in [2.05, 4.69) is 84.6 Å². The van der Waals surface area contributed by atoms with Crippen LogP contribution in [0.3, 0.4) is 0 Å². The molecule has 0 spiro atoms. The van der Waals surface area contributed by atoms with Gasteiger partial charge in [-0.05, 0) is 104 Å². The molecule has 0 aliphatic rings. The van der Waals surface area contributed by atoms with Crippen molar-refractivity contribution in [2.24, 2.45) is 0 Å². The molecule has 0 fully saturated rings. The van der Waals surface area contributed by atoms with Gasteiger partial charge in [0.25, 0.3) is 0 Å². The van der Waals surface area contributed by atoms with E-state index in [4.69, 9.17) is 66.5 Å². The lowest BCUT2D eigenvalue weighted by Crippen LogP contribution is -2.11. The Hall–Kier alpha value is -0.366. The minimum atomic E-state index is -2.57. The molecule has 0 atom stereocenters. The van der Waals surface area contributed by atoms with Crippen molar-refractivity contribution in [3.05, 3.63) is 89.5 Å². The summed E-state index contributed by atoms with van der Waals surface area (Å²) in [7, 11) is 0. The van der Waals surface area contributed by atoms with Crippen molar-refractivity contribution in [1.29, 1.82) is 0 Å². The average molecular weight is 652 g/mol. The summed E-state index contributed by atoms with van der Waals surface area (Å²) in [5.41, 5.74) is 7.20. The van der Waals surface area contributed by atoms with Gasteiger partial charge in [-0.1, -0.05) is 49.7 Å². The third-order valence-corrected chi connectivity index (χ3v) is 11.5. The van der Waals surface area contributed by atoms with Gasteiger partial charge in [-0.3, -0.25) is 0 Å². The van der Waals surface area contributed by atoms with Crippen LogP contribution in [0.4, 0.5) is 17.1 Å².